The number of methoxy groups -OCH3 is 1. The fraction of sp³-hybridized carbons (Fsp3) is 0.886. The van der Waals surface area contributed by atoms with Gasteiger partial charge in [0.15, 0.2) is 6.29 Å². The molecule has 2 bridgehead atoms. The van der Waals surface area contributed by atoms with E-state index in [1.165, 1.54) is 0 Å². The molecule has 265 valence electrons. The van der Waals surface area contributed by atoms with Gasteiger partial charge in [-0.25, -0.2) is 0 Å². The van der Waals surface area contributed by atoms with E-state index in [-0.39, 0.29) is 76.0 Å². The summed E-state index contributed by atoms with van der Waals surface area (Å²) in [4.78, 5) is 16.0. The van der Waals surface area contributed by atoms with E-state index in [0.717, 1.165) is 17.9 Å². The Bertz CT molecular complexity index is 997. The smallest absolute Gasteiger partial charge is 0.311 e. The van der Waals surface area contributed by atoms with Gasteiger partial charge >= 0.3 is 5.97 Å². The van der Waals surface area contributed by atoms with E-state index in [1.807, 2.05) is 55.6 Å². The Morgan fingerprint density at radius 1 is 1.13 bits per heavy atom. The van der Waals surface area contributed by atoms with E-state index >= 15 is 0 Å². The summed E-state index contributed by atoms with van der Waals surface area (Å²) in [5, 5.41) is 23.1. The van der Waals surface area contributed by atoms with E-state index in [0.29, 0.717) is 12.8 Å². The van der Waals surface area contributed by atoms with Gasteiger partial charge in [-0.2, -0.15) is 12.8 Å². The predicted molar refractivity (Wildman–Crippen MR) is 172 cm³/mol. The van der Waals surface area contributed by atoms with Gasteiger partial charge < -0.3 is 49.5 Å². The van der Waals surface area contributed by atoms with E-state index in [9.17, 15) is 15.0 Å². The van der Waals surface area contributed by atoms with Crippen molar-refractivity contribution in [2.75, 3.05) is 34.4 Å². The minimum Gasteiger partial charge on any atom is -0.459 e. The molecule has 3 aliphatic rings. The van der Waals surface area contributed by atoms with Crippen LogP contribution in [-0.4, -0.2) is 116 Å². The van der Waals surface area contributed by atoms with Crippen LogP contribution in [0.5, 0.6) is 0 Å². The molecule has 3 fully saturated rings. The molecule has 0 aromatic rings. The zero-order valence-corrected chi connectivity index (χ0v) is 33.3. The molecule has 14 atom stereocenters. The Morgan fingerprint density at radius 3 is 2.33 bits per heavy atom. The minimum atomic E-state index is -1.67. The van der Waals surface area contributed by atoms with E-state index in [4.69, 9.17) is 28.4 Å². The molecule has 0 aromatic carbocycles. The van der Waals surface area contributed by atoms with Gasteiger partial charge in [-0.15, -0.1) is 5.92 Å². The Kier molecular flexibility index (Phi) is 15.8. The molecular formula is C35H62NO9Y-. The van der Waals surface area contributed by atoms with Gasteiger partial charge in [0.1, 0.15) is 17.8 Å². The minimum absolute atomic E-state index is 0. The van der Waals surface area contributed by atoms with Crippen molar-refractivity contribution in [2.45, 2.75) is 142 Å². The number of nitrogens with zero attached hydrogens (tertiary/aromatic N) is 1. The van der Waals surface area contributed by atoms with Crippen molar-refractivity contribution >= 4 is 5.97 Å². The van der Waals surface area contributed by atoms with Crippen molar-refractivity contribution in [3.8, 4) is 0 Å². The summed E-state index contributed by atoms with van der Waals surface area (Å²) < 4.78 is 38.7. The first-order valence-corrected chi connectivity index (χ1v) is 16.8. The molecule has 0 aromatic heterocycles. The van der Waals surface area contributed by atoms with Crippen LogP contribution in [0.25, 0.3) is 0 Å². The Balaban J connectivity index is 0.00000736. The topological polar surface area (TPSA) is 116 Å². The van der Waals surface area contributed by atoms with Crippen LogP contribution in [0.1, 0.15) is 81.6 Å². The number of cyclic esters (lactones) is 1. The number of likely N-dealkylation sites (N-methyl/N-ethyl adjacent to an activating group) is 1. The SMILES string of the molecule is C=C1CO[C@H]2[C@H](C)[C@@H](O[C@@H]3O[C@H](C)C[C@H](N(C)C)[C@H]3OC)[C@@](C)(C[C@@H](C)[C-](C)[C@H](C)[C@@H](O)[C@](C)(O)[C@@H](CC)OC(=O)[C@@H]2C)OC1.[Y]. The van der Waals surface area contributed by atoms with Crippen LogP contribution in [0.4, 0.5) is 0 Å². The van der Waals surface area contributed by atoms with Crippen LogP contribution in [0.15, 0.2) is 12.2 Å². The first-order valence-electron chi connectivity index (χ1n) is 16.8. The van der Waals surface area contributed by atoms with Crippen molar-refractivity contribution in [1.29, 1.82) is 0 Å². The van der Waals surface area contributed by atoms with Crippen molar-refractivity contribution in [3.63, 3.8) is 0 Å². The second-order valence-electron chi connectivity index (χ2n) is 14.8. The second-order valence-corrected chi connectivity index (χ2v) is 14.8. The molecule has 2 N–H and O–H groups in total. The number of aliphatic hydroxyl groups excluding tert-OH is 1. The molecule has 3 saturated heterocycles. The van der Waals surface area contributed by atoms with Crippen LogP contribution < -0.4 is 0 Å². The van der Waals surface area contributed by atoms with Gasteiger partial charge in [-0.1, -0.05) is 34.3 Å². The molecule has 0 aliphatic carbocycles. The molecule has 3 rings (SSSR count). The zero-order chi connectivity index (χ0) is 34.0. The van der Waals surface area contributed by atoms with Crippen LogP contribution in [-0.2, 0) is 65.9 Å². The van der Waals surface area contributed by atoms with Gasteiger partial charge in [0.2, 0.25) is 0 Å². The molecule has 3 aliphatic heterocycles. The number of aliphatic hydroxyl groups is 2. The van der Waals surface area contributed by atoms with Crippen molar-refractivity contribution in [2.24, 2.45) is 23.7 Å². The monoisotopic (exact) mass is 729 g/mol. The molecule has 10 nitrogen and oxygen atoms in total. The number of fused-ring (bicyclic) bond motifs is 3. The van der Waals surface area contributed by atoms with Gasteiger partial charge in [-0.05, 0) is 66.6 Å². The maximum atomic E-state index is 13.8. The summed E-state index contributed by atoms with van der Waals surface area (Å²) in [6, 6.07) is 0.0664. The molecule has 0 saturated carbocycles. The number of carbonyl (C=O) groups is 1. The number of ether oxygens (including phenoxy) is 6. The number of hydrogen-bond acceptors (Lipinski definition) is 10. The maximum Gasteiger partial charge on any atom is 0.311 e. The molecule has 11 heteroatoms. The third-order valence-corrected chi connectivity index (χ3v) is 10.9. The van der Waals surface area contributed by atoms with E-state index < -0.39 is 59.7 Å². The van der Waals surface area contributed by atoms with E-state index in [2.05, 4.69) is 18.4 Å². The Hall–Kier alpha value is -0.00610. The first-order chi connectivity index (χ1) is 20.9. The molecule has 0 spiro atoms. The Labute approximate surface area is 303 Å². The third kappa shape index (κ3) is 9.20. The van der Waals surface area contributed by atoms with Crippen LogP contribution >= 0.6 is 0 Å². The average molecular weight is 730 g/mol. The summed E-state index contributed by atoms with van der Waals surface area (Å²) in [5.74, 6) is -1.04. The van der Waals surface area contributed by atoms with Gasteiger partial charge in [0.25, 0.3) is 0 Å². The summed E-state index contributed by atoms with van der Waals surface area (Å²) in [6.45, 7) is 22.0. The largest absolute Gasteiger partial charge is 0.459 e. The van der Waals surface area contributed by atoms with Gasteiger partial charge in [-0.3, -0.25) is 4.79 Å². The Morgan fingerprint density at radius 2 is 1.76 bits per heavy atom. The van der Waals surface area contributed by atoms with Crippen molar-refractivity contribution in [3.05, 3.63) is 18.1 Å². The van der Waals surface area contributed by atoms with Crippen LogP contribution in [0.2, 0.25) is 0 Å². The molecule has 46 heavy (non-hydrogen) atoms. The average Bonchev–Trinajstić information content (AvgIpc) is 3.02. The molecular weight excluding hydrogens is 667 g/mol. The molecule has 0 amide bonds. The first kappa shape index (κ1) is 42.2. The standard InChI is InChI=1S/C35H62NO9.Y/c1-14-27-35(10,39)30(37)23(6)22(5)20(3)16-34(9)31(45-33-29(40-13)26(36(11)12)15-21(4)43-33)24(7)28(25(8)32(38)44-27)41-17-19(2)18-42-34;/h20-21,23-31,33,37,39H,2,14-18H2,1,3-13H3;/q-1;/t20-,21-,23+,24+,25-,26+,27-,28+,29-,30-,31-,33+,34-,35-;/m1./s1. The zero-order valence-electron chi connectivity index (χ0n) is 30.4. The third-order valence-electron chi connectivity index (χ3n) is 10.9. The molecule has 1 radical (unpaired) electrons. The summed E-state index contributed by atoms with van der Waals surface area (Å²) in [7, 11) is 5.74. The van der Waals surface area contributed by atoms with Gasteiger partial charge in [0.05, 0.1) is 49.1 Å². The summed E-state index contributed by atoms with van der Waals surface area (Å²) >= 11 is 0. The van der Waals surface area contributed by atoms with Gasteiger partial charge in [0, 0.05) is 51.8 Å². The number of hydrogen-bond donors (Lipinski definition) is 2. The predicted octanol–water partition coefficient (Wildman–Crippen LogP) is 4.16. The van der Waals surface area contributed by atoms with E-state index in [1.54, 1.807) is 21.0 Å². The van der Waals surface area contributed by atoms with Crippen LogP contribution in [0.3, 0.4) is 0 Å². The second kappa shape index (κ2) is 17.3. The summed E-state index contributed by atoms with van der Waals surface area (Å²) in [5.41, 5.74) is -1.81. The molecule has 0 unspecified atom stereocenters. The number of carbonyl (C=O) groups excluding carboxylic acids is 1. The normalized spacial score (nSPS) is 45.6. The number of rotatable bonds is 5. The van der Waals surface area contributed by atoms with Crippen molar-refractivity contribution < 1.29 is 76.1 Å². The maximum absolute atomic E-state index is 13.8. The quantitative estimate of drug-likeness (QED) is 0.243. The summed E-state index contributed by atoms with van der Waals surface area (Å²) in [6.07, 6.45) is -2.78. The fourth-order valence-corrected chi connectivity index (χ4v) is 7.73. The number of esters is 1. The van der Waals surface area contributed by atoms with Crippen molar-refractivity contribution in [1.82, 2.24) is 4.90 Å². The van der Waals surface area contributed by atoms with Crippen LogP contribution in [0, 0.1) is 29.6 Å². The molecule has 3 heterocycles. The fourth-order valence-electron chi connectivity index (χ4n) is 7.73.